The van der Waals surface area contributed by atoms with Crippen molar-refractivity contribution in [2.24, 2.45) is 5.73 Å². The van der Waals surface area contributed by atoms with Crippen LogP contribution in [0.1, 0.15) is 13.8 Å². The molecule has 2 N–H and O–H groups in total. The second-order valence-electron chi connectivity index (χ2n) is 3.23. The van der Waals surface area contributed by atoms with E-state index in [1.165, 1.54) is 11.5 Å². The summed E-state index contributed by atoms with van der Waals surface area (Å²) in [6.07, 6.45) is 0. The van der Waals surface area contributed by atoms with Crippen molar-refractivity contribution in [1.29, 1.82) is 0 Å². The minimum absolute atomic E-state index is 0.202. The minimum atomic E-state index is 0.202. The zero-order valence-corrected chi connectivity index (χ0v) is 10.00. The highest BCUT2D eigenvalue weighted by Gasteiger charge is 2.27. The summed E-state index contributed by atoms with van der Waals surface area (Å²) in [4.78, 5) is 0. The Morgan fingerprint density at radius 3 is 2.77 bits per heavy atom. The van der Waals surface area contributed by atoms with Crippen molar-refractivity contribution >= 4 is 23.5 Å². The second kappa shape index (κ2) is 6.17. The van der Waals surface area contributed by atoms with E-state index in [0.717, 1.165) is 6.61 Å². The molecule has 0 bridgehead atoms. The van der Waals surface area contributed by atoms with Crippen molar-refractivity contribution in [3.8, 4) is 0 Å². The Morgan fingerprint density at radius 2 is 2.15 bits per heavy atom. The first-order chi connectivity index (χ1) is 6.25. The molecule has 1 saturated heterocycles. The summed E-state index contributed by atoms with van der Waals surface area (Å²) in [7, 11) is 0. The fraction of sp³-hybridized carbons (Fsp3) is 1.00. The molecule has 78 valence electrons. The molecule has 13 heavy (non-hydrogen) atoms. The highest BCUT2D eigenvalue weighted by Crippen LogP contribution is 2.32. The van der Waals surface area contributed by atoms with Crippen LogP contribution in [-0.4, -0.2) is 41.3 Å². The number of nitrogens with two attached hydrogens (primary N) is 1. The lowest BCUT2D eigenvalue weighted by Crippen LogP contribution is -2.43. The van der Waals surface area contributed by atoms with Crippen molar-refractivity contribution in [1.82, 2.24) is 0 Å². The molecular formula is C9H19NOS2. The largest absolute Gasteiger partial charge is 0.380 e. The second-order valence-corrected chi connectivity index (χ2v) is 6.01. The van der Waals surface area contributed by atoms with Gasteiger partial charge in [-0.1, -0.05) is 6.92 Å². The normalized spacial score (nSPS) is 31.6. The van der Waals surface area contributed by atoms with Crippen molar-refractivity contribution in [2.75, 3.05) is 24.7 Å². The highest BCUT2D eigenvalue weighted by molar-refractivity contribution is 8.07. The molecule has 0 aliphatic carbocycles. The van der Waals surface area contributed by atoms with Gasteiger partial charge in [-0.25, -0.2) is 0 Å². The van der Waals surface area contributed by atoms with E-state index < -0.39 is 0 Å². The first kappa shape index (κ1) is 11.7. The van der Waals surface area contributed by atoms with E-state index in [2.05, 4.69) is 6.92 Å². The van der Waals surface area contributed by atoms with Crippen LogP contribution >= 0.6 is 23.5 Å². The van der Waals surface area contributed by atoms with Crippen LogP contribution < -0.4 is 5.73 Å². The standard InChI is InChI=1S/C9H19NOS2/c1-3-11-6-8(10)9-7(2)12-4-5-13-9/h7-9H,3-6,10H2,1-2H3. The van der Waals surface area contributed by atoms with Gasteiger partial charge in [0, 0.05) is 34.7 Å². The Labute approximate surface area is 89.4 Å². The lowest BCUT2D eigenvalue weighted by Gasteiger charge is -2.32. The molecule has 0 aromatic heterocycles. The maximum Gasteiger partial charge on any atom is 0.0628 e. The SMILES string of the molecule is CCOCC(N)C1SCCSC1C. The van der Waals surface area contributed by atoms with Crippen LogP contribution in [0.5, 0.6) is 0 Å². The van der Waals surface area contributed by atoms with Gasteiger partial charge in [-0.2, -0.15) is 23.5 Å². The van der Waals surface area contributed by atoms with Gasteiger partial charge in [-0.05, 0) is 6.92 Å². The number of hydrogen-bond donors (Lipinski definition) is 1. The summed E-state index contributed by atoms with van der Waals surface area (Å²) in [5.41, 5.74) is 6.07. The Bertz CT molecular complexity index is 146. The first-order valence-electron chi connectivity index (χ1n) is 4.82. The summed E-state index contributed by atoms with van der Waals surface area (Å²) >= 11 is 4.04. The van der Waals surface area contributed by atoms with Crippen LogP contribution in [-0.2, 0) is 4.74 Å². The topological polar surface area (TPSA) is 35.2 Å². The average Bonchev–Trinajstić information content (AvgIpc) is 2.15. The quantitative estimate of drug-likeness (QED) is 0.782. The summed E-state index contributed by atoms with van der Waals surface area (Å²) in [5.74, 6) is 2.50. The molecule has 1 heterocycles. The molecule has 0 saturated carbocycles. The molecule has 3 atom stereocenters. The van der Waals surface area contributed by atoms with Crippen LogP contribution in [0.3, 0.4) is 0 Å². The van der Waals surface area contributed by atoms with Gasteiger partial charge in [0.05, 0.1) is 6.61 Å². The lowest BCUT2D eigenvalue weighted by molar-refractivity contribution is 0.132. The molecule has 1 rings (SSSR count). The van der Waals surface area contributed by atoms with Crippen molar-refractivity contribution in [2.45, 2.75) is 30.4 Å². The predicted octanol–water partition coefficient (Wildman–Crippen LogP) is 1.59. The summed E-state index contributed by atoms with van der Waals surface area (Å²) in [6, 6.07) is 0.202. The Hall–Kier alpha value is 0.620. The van der Waals surface area contributed by atoms with E-state index in [-0.39, 0.29) is 6.04 Å². The van der Waals surface area contributed by atoms with Gasteiger partial charge in [0.1, 0.15) is 0 Å². The smallest absolute Gasteiger partial charge is 0.0628 e. The predicted molar refractivity (Wildman–Crippen MR) is 62.6 cm³/mol. The van der Waals surface area contributed by atoms with E-state index in [1.807, 2.05) is 30.4 Å². The van der Waals surface area contributed by atoms with E-state index in [4.69, 9.17) is 10.5 Å². The number of thioether (sulfide) groups is 2. The molecule has 2 nitrogen and oxygen atoms in total. The van der Waals surface area contributed by atoms with Gasteiger partial charge in [0.15, 0.2) is 0 Å². The maximum atomic E-state index is 6.07. The summed E-state index contributed by atoms with van der Waals surface area (Å²) < 4.78 is 5.35. The van der Waals surface area contributed by atoms with Crippen LogP contribution in [0.15, 0.2) is 0 Å². The van der Waals surface area contributed by atoms with Crippen LogP contribution in [0, 0.1) is 0 Å². The molecule has 1 aliphatic heterocycles. The third kappa shape index (κ3) is 3.70. The van der Waals surface area contributed by atoms with Crippen molar-refractivity contribution in [3.63, 3.8) is 0 Å². The van der Waals surface area contributed by atoms with Gasteiger partial charge < -0.3 is 10.5 Å². The Kier molecular flexibility index (Phi) is 5.55. The fourth-order valence-corrected chi connectivity index (χ4v) is 4.34. The van der Waals surface area contributed by atoms with Gasteiger partial charge in [0.25, 0.3) is 0 Å². The molecule has 0 amide bonds. The minimum Gasteiger partial charge on any atom is -0.380 e. The molecule has 0 aromatic carbocycles. The first-order valence-corrected chi connectivity index (χ1v) is 6.92. The third-order valence-corrected chi connectivity index (χ3v) is 5.45. The zero-order chi connectivity index (χ0) is 9.68. The Balaban J connectivity index is 2.30. The van der Waals surface area contributed by atoms with Crippen LogP contribution in [0.25, 0.3) is 0 Å². The molecule has 1 aliphatic rings. The summed E-state index contributed by atoms with van der Waals surface area (Å²) in [6.45, 7) is 5.76. The van der Waals surface area contributed by atoms with Crippen LogP contribution in [0.4, 0.5) is 0 Å². The highest BCUT2D eigenvalue weighted by atomic mass is 32.2. The maximum absolute atomic E-state index is 6.07. The number of ether oxygens (including phenoxy) is 1. The molecule has 0 spiro atoms. The molecule has 4 heteroatoms. The zero-order valence-electron chi connectivity index (χ0n) is 8.36. The third-order valence-electron chi connectivity index (χ3n) is 2.17. The van der Waals surface area contributed by atoms with Crippen molar-refractivity contribution < 1.29 is 4.74 Å². The van der Waals surface area contributed by atoms with E-state index in [0.29, 0.717) is 17.1 Å². The summed E-state index contributed by atoms with van der Waals surface area (Å²) in [5, 5.41) is 1.25. The fourth-order valence-electron chi connectivity index (χ4n) is 1.47. The van der Waals surface area contributed by atoms with Crippen LogP contribution in [0.2, 0.25) is 0 Å². The average molecular weight is 221 g/mol. The van der Waals surface area contributed by atoms with E-state index in [9.17, 15) is 0 Å². The molecular weight excluding hydrogens is 202 g/mol. The number of hydrogen-bond acceptors (Lipinski definition) is 4. The molecule has 1 fully saturated rings. The molecule has 0 aromatic rings. The molecule has 0 radical (unpaired) electrons. The van der Waals surface area contributed by atoms with Gasteiger partial charge in [-0.15, -0.1) is 0 Å². The lowest BCUT2D eigenvalue weighted by atomic mass is 10.2. The van der Waals surface area contributed by atoms with Crippen molar-refractivity contribution in [3.05, 3.63) is 0 Å². The van der Waals surface area contributed by atoms with Gasteiger partial charge in [-0.3, -0.25) is 0 Å². The van der Waals surface area contributed by atoms with Gasteiger partial charge >= 0.3 is 0 Å². The Morgan fingerprint density at radius 1 is 1.46 bits per heavy atom. The van der Waals surface area contributed by atoms with Gasteiger partial charge in [0.2, 0.25) is 0 Å². The molecule has 3 unspecified atom stereocenters. The monoisotopic (exact) mass is 221 g/mol. The number of rotatable bonds is 4. The van der Waals surface area contributed by atoms with E-state index in [1.54, 1.807) is 0 Å². The van der Waals surface area contributed by atoms with E-state index >= 15 is 0 Å².